The van der Waals surface area contributed by atoms with E-state index in [4.69, 9.17) is 0 Å². The molecule has 0 spiro atoms. The lowest BCUT2D eigenvalue weighted by molar-refractivity contribution is 0.0528. The molecule has 1 amide bonds. The van der Waals surface area contributed by atoms with Crippen LogP contribution in [0.3, 0.4) is 0 Å². The minimum atomic E-state index is -1.14. The van der Waals surface area contributed by atoms with Gasteiger partial charge in [0.05, 0.1) is 12.2 Å². The van der Waals surface area contributed by atoms with E-state index in [2.05, 4.69) is 15.5 Å². The van der Waals surface area contributed by atoms with Crippen molar-refractivity contribution in [3.05, 3.63) is 64.2 Å². The summed E-state index contributed by atoms with van der Waals surface area (Å²) in [6.45, 7) is 1.72. The van der Waals surface area contributed by atoms with Crippen molar-refractivity contribution in [2.75, 3.05) is 6.54 Å². The van der Waals surface area contributed by atoms with Crippen molar-refractivity contribution in [2.45, 2.75) is 12.5 Å². The first-order valence-corrected chi connectivity index (χ1v) is 8.24. The van der Waals surface area contributed by atoms with Crippen LogP contribution in [0, 0.1) is 5.82 Å². The molecule has 7 heteroatoms. The monoisotopic (exact) mass is 345 g/mol. The zero-order chi connectivity index (χ0) is 17.2. The number of hydrogen-bond donors (Lipinski definition) is 3. The maximum atomic E-state index is 12.9. The van der Waals surface area contributed by atoms with E-state index in [1.54, 1.807) is 25.1 Å². The Bertz CT molecular complexity index is 826. The fourth-order valence-corrected chi connectivity index (χ4v) is 3.01. The van der Waals surface area contributed by atoms with Crippen LogP contribution in [0.25, 0.3) is 11.3 Å². The second-order valence-electron chi connectivity index (χ2n) is 5.64. The standard InChI is InChI=1S/C17H16FN3O2S/c1-17(23,12-6-7-24-9-12)10-19-16(22)15-8-14(20-21-15)11-2-4-13(18)5-3-11/h2-9,23H,10H2,1H3,(H,19,22)(H,20,21). The Kier molecular flexibility index (Phi) is 4.46. The first kappa shape index (κ1) is 16.4. The smallest absolute Gasteiger partial charge is 0.269 e. The van der Waals surface area contributed by atoms with Crippen LogP contribution >= 0.6 is 11.3 Å². The van der Waals surface area contributed by atoms with Gasteiger partial charge in [-0.2, -0.15) is 16.4 Å². The third-order valence-corrected chi connectivity index (χ3v) is 4.38. The summed E-state index contributed by atoms with van der Waals surface area (Å²) in [6.07, 6.45) is 0. The van der Waals surface area contributed by atoms with Crippen LogP contribution in [0.1, 0.15) is 23.0 Å². The number of aromatic amines is 1. The molecule has 0 saturated heterocycles. The Labute approximate surface area is 142 Å². The zero-order valence-electron chi connectivity index (χ0n) is 12.9. The second kappa shape index (κ2) is 6.54. The highest BCUT2D eigenvalue weighted by Crippen LogP contribution is 2.22. The van der Waals surface area contributed by atoms with Gasteiger partial charge in [0.1, 0.15) is 17.1 Å². The SMILES string of the molecule is CC(O)(CNC(=O)c1cc(-c2ccc(F)cc2)n[nH]1)c1ccsc1. The molecule has 0 aliphatic rings. The maximum absolute atomic E-state index is 12.9. The van der Waals surface area contributed by atoms with Gasteiger partial charge in [-0.3, -0.25) is 9.89 Å². The lowest BCUT2D eigenvalue weighted by atomic mass is 9.99. The van der Waals surface area contributed by atoms with E-state index in [1.165, 1.54) is 23.5 Å². The summed E-state index contributed by atoms with van der Waals surface area (Å²) in [6, 6.07) is 9.26. The Hall–Kier alpha value is -2.51. The summed E-state index contributed by atoms with van der Waals surface area (Å²) in [5.74, 6) is -0.700. The Morgan fingerprint density at radius 3 is 2.79 bits per heavy atom. The normalized spacial score (nSPS) is 13.5. The molecule has 24 heavy (non-hydrogen) atoms. The lowest BCUT2D eigenvalue weighted by Crippen LogP contribution is -2.38. The summed E-state index contributed by atoms with van der Waals surface area (Å²) in [5.41, 5.74) is 1.14. The fraction of sp³-hybridized carbons (Fsp3) is 0.176. The van der Waals surface area contributed by atoms with Crippen molar-refractivity contribution >= 4 is 17.2 Å². The number of nitrogens with zero attached hydrogens (tertiary/aromatic N) is 1. The van der Waals surface area contributed by atoms with Gasteiger partial charge in [0, 0.05) is 5.56 Å². The molecule has 0 radical (unpaired) electrons. The Morgan fingerprint density at radius 2 is 2.12 bits per heavy atom. The van der Waals surface area contributed by atoms with E-state index in [0.29, 0.717) is 11.3 Å². The summed E-state index contributed by atoms with van der Waals surface area (Å²) in [7, 11) is 0. The lowest BCUT2D eigenvalue weighted by Gasteiger charge is -2.22. The summed E-state index contributed by atoms with van der Waals surface area (Å²) >= 11 is 1.48. The third-order valence-electron chi connectivity index (χ3n) is 3.70. The predicted molar refractivity (Wildman–Crippen MR) is 90.2 cm³/mol. The topological polar surface area (TPSA) is 78.0 Å². The number of rotatable bonds is 5. The van der Waals surface area contributed by atoms with Crippen molar-refractivity contribution < 1.29 is 14.3 Å². The van der Waals surface area contributed by atoms with Gasteiger partial charge in [0.25, 0.3) is 5.91 Å². The number of aromatic nitrogens is 2. The number of H-pyrrole nitrogens is 1. The number of benzene rings is 1. The van der Waals surface area contributed by atoms with Gasteiger partial charge in [0.2, 0.25) is 0 Å². The molecular formula is C17H16FN3O2S. The first-order valence-electron chi connectivity index (χ1n) is 7.30. The third kappa shape index (κ3) is 3.52. The zero-order valence-corrected chi connectivity index (χ0v) is 13.7. The molecule has 2 heterocycles. The maximum Gasteiger partial charge on any atom is 0.269 e. The van der Waals surface area contributed by atoms with Gasteiger partial charge < -0.3 is 10.4 Å². The molecule has 1 atom stereocenters. The van der Waals surface area contributed by atoms with E-state index in [1.807, 2.05) is 16.8 Å². The van der Waals surface area contributed by atoms with Crippen LogP contribution in [0.2, 0.25) is 0 Å². The number of aliphatic hydroxyl groups is 1. The van der Waals surface area contributed by atoms with Gasteiger partial charge >= 0.3 is 0 Å². The number of thiophene rings is 1. The van der Waals surface area contributed by atoms with Gasteiger partial charge in [-0.15, -0.1) is 0 Å². The van der Waals surface area contributed by atoms with Crippen molar-refractivity contribution in [1.29, 1.82) is 0 Å². The van der Waals surface area contributed by atoms with E-state index in [-0.39, 0.29) is 24.0 Å². The molecule has 124 valence electrons. The quantitative estimate of drug-likeness (QED) is 0.665. The molecular weight excluding hydrogens is 329 g/mol. The minimum absolute atomic E-state index is 0.0769. The molecule has 0 saturated carbocycles. The van der Waals surface area contributed by atoms with Crippen molar-refractivity contribution in [1.82, 2.24) is 15.5 Å². The van der Waals surface area contributed by atoms with Crippen LogP contribution in [0.15, 0.2) is 47.2 Å². The van der Waals surface area contributed by atoms with Crippen LogP contribution < -0.4 is 5.32 Å². The average molecular weight is 345 g/mol. The van der Waals surface area contributed by atoms with E-state index < -0.39 is 5.60 Å². The summed E-state index contributed by atoms with van der Waals surface area (Å²) in [5, 5.41) is 23.5. The van der Waals surface area contributed by atoms with Crippen LogP contribution in [-0.2, 0) is 5.60 Å². The number of hydrogen-bond acceptors (Lipinski definition) is 4. The average Bonchev–Trinajstić information content (AvgIpc) is 3.25. The molecule has 5 nitrogen and oxygen atoms in total. The highest BCUT2D eigenvalue weighted by atomic mass is 32.1. The van der Waals surface area contributed by atoms with E-state index in [9.17, 15) is 14.3 Å². The molecule has 3 aromatic rings. The van der Waals surface area contributed by atoms with E-state index in [0.717, 1.165) is 5.56 Å². The van der Waals surface area contributed by atoms with Crippen LogP contribution in [0.5, 0.6) is 0 Å². The molecule has 3 N–H and O–H groups in total. The summed E-state index contributed by atoms with van der Waals surface area (Å²) < 4.78 is 12.9. The molecule has 0 fully saturated rings. The molecule has 1 unspecified atom stereocenters. The van der Waals surface area contributed by atoms with Crippen molar-refractivity contribution in [3.63, 3.8) is 0 Å². The molecule has 3 rings (SSSR count). The molecule has 0 aliphatic heterocycles. The Morgan fingerprint density at radius 1 is 1.38 bits per heavy atom. The number of halogens is 1. The van der Waals surface area contributed by atoms with Crippen molar-refractivity contribution in [3.8, 4) is 11.3 Å². The van der Waals surface area contributed by atoms with Gasteiger partial charge in [-0.05, 0) is 59.6 Å². The number of carbonyl (C=O) groups is 1. The van der Waals surface area contributed by atoms with Gasteiger partial charge in [-0.1, -0.05) is 0 Å². The second-order valence-corrected chi connectivity index (χ2v) is 6.42. The molecule has 0 bridgehead atoms. The number of nitrogens with one attached hydrogen (secondary N) is 2. The van der Waals surface area contributed by atoms with Gasteiger partial charge in [-0.25, -0.2) is 4.39 Å². The van der Waals surface area contributed by atoms with Crippen molar-refractivity contribution in [2.24, 2.45) is 0 Å². The van der Waals surface area contributed by atoms with E-state index >= 15 is 0 Å². The predicted octanol–water partition coefficient (Wildman–Crippen LogP) is 2.91. The minimum Gasteiger partial charge on any atom is -0.384 e. The molecule has 2 aromatic heterocycles. The number of amides is 1. The summed E-state index contributed by atoms with van der Waals surface area (Å²) in [4.78, 5) is 12.2. The van der Waals surface area contributed by atoms with Crippen LogP contribution in [-0.4, -0.2) is 27.8 Å². The highest BCUT2D eigenvalue weighted by Gasteiger charge is 2.24. The highest BCUT2D eigenvalue weighted by molar-refractivity contribution is 7.08. The van der Waals surface area contributed by atoms with Crippen LogP contribution in [0.4, 0.5) is 4.39 Å². The van der Waals surface area contributed by atoms with Gasteiger partial charge in [0.15, 0.2) is 0 Å². The number of carbonyl (C=O) groups excluding carboxylic acids is 1. The molecule has 1 aromatic carbocycles. The molecule has 0 aliphatic carbocycles. The largest absolute Gasteiger partial charge is 0.384 e. The Balaban J connectivity index is 1.67. The fourth-order valence-electron chi connectivity index (χ4n) is 2.23. The first-order chi connectivity index (χ1) is 11.5.